The van der Waals surface area contributed by atoms with Crippen LogP contribution in [0.3, 0.4) is 0 Å². The molecule has 1 aromatic rings. The summed E-state index contributed by atoms with van der Waals surface area (Å²) in [6, 6.07) is 8.55. The van der Waals surface area contributed by atoms with Crippen molar-refractivity contribution in [2.24, 2.45) is 0 Å². The van der Waals surface area contributed by atoms with Gasteiger partial charge < -0.3 is 9.64 Å². The van der Waals surface area contributed by atoms with Crippen LogP contribution in [0.25, 0.3) is 0 Å². The van der Waals surface area contributed by atoms with Gasteiger partial charge in [0.25, 0.3) is 0 Å². The molecular formula is C11H17NO. The molecule has 2 heteroatoms. The number of anilines is 1. The molecule has 0 fully saturated rings. The van der Waals surface area contributed by atoms with Crippen LogP contribution in [0.4, 0.5) is 5.69 Å². The van der Waals surface area contributed by atoms with Gasteiger partial charge in [0, 0.05) is 19.8 Å². The van der Waals surface area contributed by atoms with Gasteiger partial charge in [0.1, 0.15) is 6.73 Å². The Morgan fingerprint density at radius 2 is 1.85 bits per heavy atom. The van der Waals surface area contributed by atoms with Crippen molar-refractivity contribution in [3.05, 3.63) is 29.8 Å². The van der Waals surface area contributed by atoms with Gasteiger partial charge in [0.15, 0.2) is 0 Å². The van der Waals surface area contributed by atoms with Crippen LogP contribution in [0.5, 0.6) is 0 Å². The fourth-order valence-corrected chi connectivity index (χ4v) is 1.25. The number of hydrogen-bond donors (Lipinski definition) is 0. The summed E-state index contributed by atoms with van der Waals surface area (Å²) in [5.74, 6) is 0. The third-order valence-corrected chi connectivity index (χ3v) is 2.11. The van der Waals surface area contributed by atoms with Gasteiger partial charge in [-0.15, -0.1) is 0 Å². The maximum atomic E-state index is 5.04. The van der Waals surface area contributed by atoms with Gasteiger partial charge in [0.2, 0.25) is 0 Å². The van der Waals surface area contributed by atoms with Gasteiger partial charge in [-0.1, -0.05) is 19.1 Å². The molecule has 0 aliphatic carbocycles. The summed E-state index contributed by atoms with van der Waals surface area (Å²) in [6.45, 7) is 2.79. The molecule has 2 nitrogen and oxygen atoms in total. The number of rotatable bonds is 4. The maximum Gasteiger partial charge on any atom is 0.118 e. The van der Waals surface area contributed by atoms with Gasteiger partial charge in [-0.05, 0) is 24.1 Å². The molecule has 0 unspecified atom stereocenters. The first-order chi connectivity index (χ1) is 6.27. The van der Waals surface area contributed by atoms with Crippen molar-refractivity contribution < 1.29 is 4.74 Å². The minimum Gasteiger partial charge on any atom is -0.364 e. The lowest BCUT2D eigenvalue weighted by Gasteiger charge is -2.17. The molecule has 0 saturated carbocycles. The zero-order valence-electron chi connectivity index (χ0n) is 8.58. The summed E-state index contributed by atoms with van der Waals surface area (Å²) in [5.41, 5.74) is 2.56. The highest BCUT2D eigenvalue weighted by atomic mass is 16.5. The molecule has 1 aromatic carbocycles. The van der Waals surface area contributed by atoms with Gasteiger partial charge >= 0.3 is 0 Å². The Morgan fingerprint density at radius 3 is 2.31 bits per heavy atom. The molecule has 0 radical (unpaired) electrons. The Bertz CT molecular complexity index is 243. The van der Waals surface area contributed by atoms with Crippen LogP contribution in [-0.2, 0) is 11.2 Å². The lowest BCUT2D eigenvalue weighted by Crippen LogP contribution is -2.19. The lowest BCUT2D eigenvalue weighted by molar-refractivity contribution is 0.202. The van der Waals surface area contributed by atoms with Crippen LogP contribution < -0.4 is 4.90 Å². The van der Waals surface area contributed by atoms with Crippen molar-refractivity contribution in [3.8, 4) is 0 Å². The quantitative estimate of drug-likeness (QED) is 0.657. The van der Waals surface area contributed by atoms with Gasteiger partial charge in [-0.3, -0.25) is 0 Å². The van der Waals surface area contributed by atoms with Gasteiger partial charge in [-0.25, -0.2) is 0 Å². The average molecular weight is 179 g/mol. The predicted octanol–water partition coefficient (Wildman–Crippen LogP) is 2.29. The summed E-state index contributed by atoms with van der Waals surface area (Å²) < 4.78 is 5.04. The number of hydrogen-bond acceptors (Lipinski definition) is 2. The van der Waals surface area contributed by atoms with E-state index in [4.69, 9.17) is 4.74 Å². The fraction of sp³-hybridized carbons (Fsp3) is 0.455. The van der Waals surface area contributed by atoms with Crippen LogP contribution in [0.1, 0.15) is 12.5 Å². The zero-order valence-corrected chi connectivity index (χ0v) is 8.58. The lowest BCUT2D eigenvalue weighted by atomic mass is 10.1. The first-order valence-corrected chi connectivity index (χ1v) is 4.57. The van der Waals surface area contributed by atoms with E-state index in [1.54, 1.807) is 7.11 Å². The molecule has 0 heterocycles. The molecule has 0 bridgehead atoms. The summed E-state index contributed by atoms with van der Waals surface area (Å²) in [7, 11) is 3.72. The zero-order chi connectivity index (χ0) is 9.68. The highest BCUT2D eigenvalue weighted by molar-refractivity contribution is 5.46. The average Bonchev–Trinajstić information content (AvgIpc) is 2.18. The standard InChI is InChI=1S/C11H17NO/c1-4-10-5-7-11(8-6-10)12(2)9-13-3/h5-8H,4,9H2,1-3H3. The molecule has 0 aliphatic rings. The topological polar surface area (TPSA) is 12.5 Å². The Labute approximate surface area is 80.1 Å². The van der Waals surface area contributed by atoms with Crippen molar-refractivity contribution in [2.45, 2.75) is 13.3 Å². The Balaban J connectivity index is 2.67. The van der Waals surface area contributed by atoms with Crippen LogP contribution in [0, 0.1) is 0 Å². The molecule has 0 N–H and O–H groups in total. The molecule has 1 rings (SSSR count). The molecular weight excluding hydrogens is 162 g/mol. The predicted molar refractivity (Wildman–Crippen MR) is 56.1 cm³/mol. The Hall–Kier alpha value is -1.02. The van der Waals surface area contributed by atoms with Crippen molar-refractivity contribution >= 4 is 5.69 Å². The number of ether oxygens (including phenoxy) is 1. The summed E-state index contributed by atoms with van der Waals surface area (Å²) >= 11 is 0. The Morgan fingerprint density at radius 1 is 1.23 bits per heavy atom. The normalized spacial score (nSPS) is 10.1. The van der Waals surface area contributed by atoms with Crippen molar-refractivity contribution in [1.29, 1.82) is 0 Å². The van der Waals surface area contributed by atoms with Crippen molar-refractivity contribution in [1.82, 2.24) is 0 Å². The molecule has 0 amide bonds. The largest absolute Gasteiger partial charge is 0.364 e. The van der Waals surface area contributed by atoms with Crippen LogP contribution in [0.15, 0.2) is 24.3 Å². The first kappa shape index (κ1) is 10.1. The third-order valence-electron chi connectivity index (χ3n) is 2.11. The minimum atomic E-state index is 0.630. The molecule has 72 valence electrons. The van der Waals surface area contributed by atoms with Crippen molar-refractivity contribution in [3.63, 3.8) is 0 Å². The van der Waals surface area contributed by atoms with E-state index in [2.05, 4.69) is 36.1 Å². The van der Waals surface area contributed by atoms with E-state index < -0.39 is 0 Å². The van der Waals surface area contributed by atoms with Gasteiger partial charge in [0.05, 0.1) is 0 Å². The van der Waals surface area contributed by atoms with Gasteiger partial charge in [-0.2, -0.15) is 0 Å². The van der Waals surface area contributed by atoms with E-state index in [0.29, 0.717) is 6.73 Å². The number of benzene rings is 1. The molecule has 13 heavy (non-hydrogen) atoms. The molecule has 0 atom stereocenters. The molecule has 0 aliphatic heterocycles. The highest BCUT2D eigenvalue weighted by Gasteiger charge is 1.98. The minimum absolute atomic E-state index is 0.630. The van der Waals surface area contributed by atoms with E-state index in [1.165, 1.54) is 11.3 Å². The van der Waals surface area contributed by atoms with E-state index >= 15 is 0 Å². The summed E-state index contributed by atoms with van der Waals surface area (Å²) in [6.07, 6.45) is 1.09. The molecule has 0 aromatic heterocycles. The highest BCUT2D eigenvalue weighted by Crippen LogP contribution is 2.13. The van der Waals surface area contributed by atoms with Crippen LogP contribution >= 0.6 is 0 Å². The van der Waals surface area contributed by atoms with E-state index in [1.807, 2.05) is 7.05 Å². The Kier molecular flexibility index (Phi) is 3.77. The second-order valence-corrected chi connectivity index (χ2v) is 3.14. The van der Waals surface area contributed by atoms with Crippen LogP contribution in [0.2, 0.25) is 0 Å². The van der Waals surface area contributed by atoms with Crippen LogP contribution in [-0.4, -0.2) is 20.9 Å². The summed E-state index contributed by atoms with van der Waals surface area (Å²) in [5, 5.41) is 0. The number of nitrogens with zero attached hydrogens (tertiary/aromatic N) is 1. The van der Waals surface area contributed by atoms with E-state index in [9.17, 15) is 0 Å². The van der Waals surface area contributed by atoms with Crippen molar-refractivity contribution in [2.75, 3.05) is 25.8 Å². The smallest absolute Gasteiger partial charge is 0.118 e. The molecule has 0 spiro atoms. The second kappa shape index (κ2) is 4.87. The third kappa shape index (κ3) is 2.74. The number of aryl methyl sites for hydroxylation is 1. The van der Waals surface area contributed by atoms with E-state index in [0.717, 1.165) is 6.42 Å². The monoisotopic (exact) mass is 179 g/mol. The molecule has 0 saturated heterocycles. The second-order valence-electron chi connectivity index (χ2n) is 3.14. The summed E-state index contributed by atoms with van der Waals surface area (Å²) in [4.78, 5) is 2.07. The maximum absolute atomic E-state index is 5.04. The van der Waals surface area contributed by atoms with E-state index in [-0.39, 0.29) is 0 Å². The first-order valence-electron chi connectivity index (χ1n) is 4.57. The fourth-order valence-electron chi connectivity index (χ4n) is 1.25. The SMILES string of the molecule is CCc1ccc(N(C)COC)cc1. The number of methoxy groups -OCH3 is 1.